The maximum atomic E-state index is 13.2. The number of nitrogens with one attached hydrogen (secondary N) is 2. The standard InChI is InChI=1S/C36H45Cl2NO15S2.C9H19NO.C4H10O.CH4O/c1-2-3-7-12-39-13-8-9-29(40)26-50-48-18-19-49-52-34-23-28(36(41)45-25-27-20-31(53-55-37)24-32(21-27)54-56-38)22-33(51-42)35(34)44-15-17-47-46-16-14-43-30-10-5-4-6-11-30;1-2-3-4-7-10-8-5-6-9-11;1-3-4-5-2;1-2/h4-6,10-11,20-24,39,42H,2-3,7-9,12-19,25-26H2,1H3;9-10H,2-8H2,1H3;3-4H2,1-2H3;2H,1H3. The average Bonchev–Trinajstić information content (AvgIpc) is 3.41. The summed E-state index contributed by atoms with van der Waals surface area (Å²) in [6.07, 6.45) is 12.1. The number of aliphatic hydroxyl groups excluding tert-OH is 1. The molecule has 0 atom stereocenters. The Bertz CT molecular complexity index is 1770. The van der Waals surface area contributed by atoms with E-state index in [0.717, 1.165) is 71.9 Å². The Labute approximate surface area is 454 Å². The van der Waals surface area contributed by atoms with Crippen LogP contribution in [0.5, 0.6) is 34.5 Å². The van der Waals surface area contributed by atoms with Crippen LogP contribution in [0.1, 0.15) is 107 Å². The highest BCUT2D eigenvalue weighted by Crippen LogP contribution is 2.39. The van der Waals surface area contributed by atoms with E-state index in [4.69, 9.17) is 83.1 Å². The molecule has 0 radical (unpaired) electrons. The number of methoxy groups -OCH3 is 1. The fourth-order valence-corrected chi connectivity index (χ4v) is 6.45. The van der Waals surface area contributed by atoms with Gasteiger partial charge in [0, 0.05) is 73.2 Å². The Hall–Kier alpha value is -3.85. The summed E-state index contributed by atoms with van der Waals surface area (Å²) < 4.78 is 31.9. The number of halogens is 2. The zero-order valence-electron chi connectivity index (χ0n) is 43.3. The van der Waals surface area contributed by atoms with Crippen molar-refractivity contribution in [3.63, 3.8) is 0 Å². The van der Waals surface area contributed by atoms with Gasteiger partial charge in [0.15, 0.2) is 28.3 Å². The van der Waals surface area contributed by atoms with Crippen LogP contribution in [-0.2, 0) is 50.1 Å². The molecule has 0 unspecified atom stereocenters. The minimum absolute atomic E-state index is 0.0569. The van der Waals surface area contributed by atoms with Gasteiger partial charge in [0.2, 0.25) is 17.2 Å². The van der Waals surface area contributed by atoms with Crippen molar-refractivity contribution < 1.29 is 86.3 Å². The molecule has 0 aromatic heterocycles. The molecular weight excluding hydrogens is 1050 g/mol. The van der Waals surface area contributed by atoms with E-state index in [-0.39, 0.29) is 81.5 Å². The highest BCUT2D eigenvalue weighted by molar-refractivity contribution is 8.17. The summed E-state index contributed by atoms with van der Waals surface area (Å²) in [5.74, 6) is -0.245. The molecule has 0 spiro atoms. The number of esters is 1. The summed E-state index contributed by atoms with van der Waals surface area (Å²) in [6, 6.07) is 16.3. The lowest BCUT2D eigenvalue weighted by Gasteiger charge is -2.15. The second-order valence-electron chi connectivity index (χ2n) is 15.1. The van der Waals surface area contributed by atoms with E-state index in [0.29, 0.717) is 64.6 Å². The molecule has 0 aliphatic rings. The fraction of sp³-hybridized carbons (Fsp3) is 0.580. The third-order valence-corrected chi connectivity index (χ3v) is 9.99. The van der Waals surface area contributed by atoms with Crippen LogP contribution in [0.25, 0.3) is 0 Å². The highest BCUT2D eigenvalue weighted by atomic mass is 35.7. The van der Waals surface area contributed by atoms with Gasteiger partial charge in [-0.25, -0.2) is 29.6 Å². The molecule has 422 valence electrons. The largest absolute Gasteiger partial charge is 0.491 e. The zero-order valence-corrected chi connectivity index (χ0v) is 46.5. The molecule has 0 aliphatic heterocycles. The molecule has 74 heavy (non-hydrogen) atoms. The average molecular weight is 1130 g/mol. The summed E-state index contributed by atoms with van der Waals surface area (Å²) in [5, 5.41) is 23.3. The van der Waals surface area contributed by atoms with Crippen LogP contribution in [0.2, 0.25) is 0 Å². The number of rotatable bonds is 43. The van der Waals surface area contributed by atoms with E-state index in [1.54, 1.807) is 19.2 Å². The molecule has 0 amide bonds. The quantitative estimate of drug-likeness (QED) is 0.0103. The normalized spacial score (nSPS) is 10.3. The Morgan fingerprint density at radius 3 is 1.77 bits per heavy atom. The first-order valence-electron chi connectivity index (χ1n) is 24.4. The predicted octanol–water partition coefficient (Wildman–Crippen LogP) is 10.4. The molecule has 3 aromatic carbocycles. The van der Waals surface area contributed by atoms with Gasteiger partial charge in [0.05, 0.1) is 5.56 Å². The Balaban J connectivity index is 0.00000252. The van der Waals surface area contributed by atoms with Crippen LogP contribution in [-0.4, -0.2) is 122 Å². The molecule has 3 aromatic rings. The van der Waals surface area contributed by atoms with Crippen molar-refractivity contribution in [1.29, 1.82) is 0 Å². The number of unbranched alkanes of at least 4 members (excludes halogenated alkanes) is 5. The number of aldehydes is 1. The molecule has 0 saturated heterocycles. The lowest BCUT2D eigenvalue weighted by molar-refractivity contribution is -0.311. The topological polar surface area (TPSA) is 236 Å². The van der Waals surface area contributed by atoms with Gasteiger partial charge < -0.3 is 57.6 Å². The number of hydrogen-bond acceptors (Lipinski definition) is 22. The van der Waals surface area contributed by atoms with Crippen molar-refractivity contribution in [2.24, 2.45) is 0 Å². The van der Waals surface area contributed by atoms with E-state index in [1.807, 2.05) is 30.3 Å². The van der Waals surface area contributed by atoms with Gasteiger partial charge in [-0.2, -0.15) is 4.89 Å². The second kappa shape index (κ2) is 52.6. The van der Waals surface area contributed by atoms with Crippen LogP contribution in [0.15, 0.2) is 60.7 Å². The first-order chi connectivity index (χ1) is 36.3. The van der Waals surface area contributed by atoms with Crippen molar-refractivity contribution in [3.05, 3.63) is 71.8 Å². The zero-order chi connectivity index (χ0) is 54.5. The Kier molecular flexibility index (Phi) is 49.8. The second-order valence-corrected chi connectivity index (χ2v) is 16.4. The van der Waals surface area contributed by atoms with Gasteiger partial charge in [-0.3, -0.25) is 4.79 Å². The molecule has 4 N–H and O–H groups in total. The number of hydrogen-bond donors (Lipinski definition) is 4. The van der Waals surface area contributed by atoms with Gasteiger partial charge in [-0.05, 0) is 88.1 Å². The number of carbonyl (C=O) groups is 3. The fourth-order valence-electron chi connectivity index (χ4n) is 5.67. The first-order valence-corrected chi connectivity index (χ1v) is 27.5. The van der Waals surface area contributed by atoms with Gasteiger partial charge in [0.1, 0.15) is 76.4 Å². The van der Waals surface area contributed by atoms with E-state index in [9.17, 15) is 19.6 Å². The van der Waals surface area contributed by atoms with Crippen LogP contribution in [0.3, 0.4) is 0 Å². The molecule has 0 heterocycles. The molecular formula is C50H78Cl2N2O18S2. The maximum Gasteiger partial charge on any atom is 0.338 e. The summed E-state index contributed by atoms with van der Waals surface area (Å²) in [6.45, 7) is 10.6. The van der Waals surface area contributed by atoms with Crippen molar-refractivity contribution in [2.45, 2.75) is 98.0 Å². The number of ketones is 1. The summed E-state index contributed by atoms with van der Waals surface area (Å²) in [4.78, 5) is 70.6. The molecule has 3 rings (SSSR count). The van der Waals surface area contributed by atoms with Crippen LogP contribution in [0, 0.1) is 0 Å². The number of benzene rings is 3. The highest BCUT2D eigenvalue weighted by Gasteiger charge is 2.22. The molecule has 0 bridgehead atoms. The van der Waals surface area contributed by atoms with Gasteiger partial charge in [0.25, 0.3) is 0 Å². The maximum absolute atomic E-state index is 13.2. The monoisotopic (exact) mass is 1130 g/mol. The van der Waals surface area contributed by atoms with Gasteiger partial charge in [-0.15, -0.1) is 0 Å². The van der Waals surface area contributed by atoms with Crippen molar-refractivity contribution >= 4 is 61.9 Å². The van der Waals surface area contributed by atoms with Gasteiger partial charge in [-0.1, -0.05) is 64.7 Å². The van der Waals surface area contributed by atoms with Crippen molar-refractivity contribution in [3.8, 4) is 34.5 Å². The lowest BCUT2D eigenvalue weighted by Crippen LogP contribution is -2.19. The lowest BCUT2D eigenvalue weighted by atomic mass is 10.2. The van der Waals surface area contributed by atoms with E-state index >= 15 is 0 Å². The number of ether oxygens (including phenoxy) is 4. The number of Topliss-reactive ketones (excluding diaryl/α,β-unsaturated/α-hetero) is 1. The van der Waals surface area contributed by atoms with Crippen molar-refractivity contribution in [1.82, 2.24) is 10.6 Å². The Morgan fingerprint density at radius 2 is 1.20 bits per heavy atom. The smallest absolute Gasteiger partial charge is 0.338 e. The molecule has 0 fully saturated rings. The van der Waals surface area contributed by atoms with E-state index < -0.39 is 5.97 Å². The third-order valence-electron chi connectivity index (χ3n) is 9.10. The van der Waals surface area contributed by atoms with E-state index in [1.165, 1.54) is 43.9 Å². The van der Waals surface area contributed by atoms with Crippen LogP contribution >= 0.6 is 43.9 Å². The van der Waals surface area contributed by atoms with Crippen LogP contribution in [0.4, 0.5) is 0 Å². The van der Waals surface area contributed by atoms with Crippen LogP contribution < -0.4 is 38.2 Å². The van der Waals surface area contributed by atoms with Crippen molar-refractivity contribution in [2.75, 3.05) is 93.3 Å². The number of carbonyl (C=O) groups excluding carboxylic acids is 3. The van der Waals surface area contributed by atoms with E-state index in [2.05, 4.69) is 36.3 Å². The molecule has 24 heteroatoms. The van der Waals surface area contributed by atoms with Gasteiger partial charge >= 0.3 is 5.97 Å². The number of aliphatic hydroxyl groups is 1. The molecule has 0 aliphatic carbocycles. The summed E-state index contributed by atoms with van der Waals surface area (Å²) in [5.41, 5.74) is 0.372. The molecule has 20 nitrogen and oxygen atoms in total. The first kappa shape index (κ1) is 70.1. The summed E-state index contributed by atoms with van der Waals surface area (Å²) in [7, 11) is 13.9. The minimum Gasteiger partial charge on any atom is -0.491 e. The Morgan fingerprint density at radius 1 is 0.635 bits per heavy atom. The third kappa shape index (κ3) is 38.7. The number of para-hydroxylation sites is 1. The predicted molar refractivity (Wildman–Crippen MR) is 286 cm³/mol. The molecule has 0 saturated carbocycles. The minimum atomic E-state index is -0.838. The summed E-state index contributed by atoms with van der Waals surface area (Å²) >= 11 is 1.18. The SMILES string of the molecule is CCCCCNCCCC(=O)COOCCOOc1cc(C(=O)OCc2cc(OSCl)cc(OSCl)c2)cc(OO)c1OCCOOCCOc1ccccc1.CCCCCNCCCC=O.CCCOC.CO.